The predicted octanol–water partition coefficient (Wildman–Crippen LogP) is 9.10. The zero-order valence-electron chi connectivity index (χ0n) is 28.7. The van der Waals surface area contributed by atoms with Gasteiger partial charge in [0, 0.05) is 81.9 Å². The normalized spacial score (nSPS) is 16.6. The average Bonchev–Trinajstić information content (AvgIpc) is 3.98. The fourth-order valence-electron chi connectivity index (χ4n) is 8.80. The summed E-state index contributed by atoms with van der Waals surface area (Å²) < 4.78 is 0.598. The van der Waals surface area contributed by atoms with Crippen molar-refractivity contribution in [3.05, 3.63) is 130 Å². The highest BCUT2D eigenvalue weighted by Gasteiger charge is 2.45. The third-order valence-electron chi connectivity index (χ3n) is 11.4. The van der Waals surface area contributed by atoms with Gasteiger partial charge in [0.05, 0.1) is 41.1 Å². The lowest BCUT2D eigenvalue weighted by Gasteiger charge is -2.49. The van der Waals surface area contributed by atoms with Crippen molar-refractivity contribution in [2.45, 2.75) is 38.5 Å². The van der Waals surface area contributed by atoms with Crippen LogP contribution in [0.25, 0.3) is 43.6 Å². The molecule has 0 amide bonds. The van der Waals surface area contributed by atoms with E-state index in [1.165, 1.54) is 33.3 Å². The van der Waals surface area contributed by atoms with Crippen LogP contribution in [0.5, 0.6) is 0 Å². The van der Waals surface area contributed by atoms with Gasteiger partial charge in [-0.3, -0.25) is 9.38 Å². The van der Waals surface area contributed by atoms with Crippen molar-refractivity contribution in [1.82, 2.24) is 29.3 Å². The molecule has 0 saturated carbocycles. The molecular weight excluding hydrogens is 691 g/mol. The highest BCUT2D eigenvalue weighted by molar-refractivity contribution is 6.31. The smallest absolute Gasteiger partial charge is 0.147 e. The quantitative estimate of drug-likeness (QED) is 0.0791. The van der Waals surface area contributed by atoms with Gasteiger partial charge in [-0.15, -0.1) is 0 Å². The summed E-state index contributed by atoms with van der Waals surface area (Å²) in [5.74, 6) is 0. The molecule has 264 valence electrons. The fourth-order valence-corrected chi connectivity index (χ4v) is 9.15. The molecule has 9 rings (SSSR count). The Labute approximate surface area is 311 Å². The Kier molecular flexibility index (Phi) is 8.62. The maximum Gasteiger partial charge on any atom is 0.147 e. The van der Waals surface area contributed by atoms with Crippen LogP contribution in [0.15, 0.2) is 97.6 Å². The molecule has 0 bridgehead atoms. The number of piperazine rings is 1. The van der Waals surface area contributed by atoms with Crippen LogP contribution in [-0.4, -0.2) is 67.3 Å². The van der Waals surface area contributed by atoms with Gasteiger partial charge in [-0.05, 0) is 90.0 Å². The molecule has 6 N–H and O–H groups in total. The monoisotopic (exact) mass is 731 g/mol. The molecule has 0 spiro atoms. The Morgan fingerprint density at radius 3 is 1.73 bits per heavy atom. The lowest BCUT2D eigenvalue weighted by Crippen LogP contribution is -2.62. The van der Waals surface area contributed by atoms with E-state index in [1.54, 1.807) is 0 Å². The van der Waals surface area contributed by atoms with Crippen molar-refractivity contribution >= 4 is 78.2 Å². The molecule has 4 aromatic heterocycles. The SMILES string of the molecule is OCc1cc([N+]2(c3cc(CO)cc4[nH]ccc34)CCN(CCc3c[nH]c4cc(Cl)ccc34)C(CCc3c[nH]c4cc(Cl)ccc34)C2)c2cc[nH]c2c1. The van der Waals surface area contributed by atoms with Gasteiger partial charge < -0.3 is 30.1 Å². The van der Waals surface area contributed by atoms with E-state index in [0.29, 0.717) is 4.48 Å². The summed E-state index contributed by atoms with van der Waals surface area (Å²) in [6.07, 6.45) is 11.0. The standard InChI is InChI=1S/C42H41Cl2N6O2/c43-30-2-5-33-28(21-47-39(33)19-30)1-4-32-23-50(41-17-26(24-51)15-37-35(41)7-10-45-37,42-18-27(25-52)16-38-36(42)8-11-46-38)14-13-49(32)12-9-29-22-48-40-20-31(44)3-6-34(29)40/h2-3,5-8,10-11,15-22,32,45-48,51-52H,1,4,9,12-14,23-25H2/q+1. The van der Waals surface area contributed by atoms with E-state index in [0.717, 1.165) is 99.5 Å². The molecule has 5 heterocycles. The van der Waals surface area contributed by atoms with Gasteiger partial charge in [0.2, 0.25) is 0 Å². The van der Waals surface area contributed by atoms with Gasteiger partial charge in [-0.2, -0.15) is 0 Å². The number of aryl methyl sites for hydroxylation is 1. The average molecular weight is 733 g/mol. The lowest BCUT2D eigenvalue weighted by molar-refractivity contribution is 0.103. The van der Waals surface area contributed by atoms with E-state index in [4.69, 9.17) is 23.2 Å². The summed E-state index contributed by atoms with van der Waals surface area (Å²) in [6, 6.07) is 25.2. The number of hydrogen-bond donors (Lipinski definition) is 6. The summed E-state index contributed by atoms with van der Waals surface area (Å²) in [5.41, 5.74) is 10.8. The Morgan fingerprint density at radius 1 is 0.635 bits per heavy atom. The number of fused-ring (bicyclic) bond motifs is 4. The number of aliphatic hydroxyl groups is 2. The largest absolute Gasteiger partial charge is 0.392 e. The Morgan fingerprint density at radius 2 is 1.17 bits per heavy atom. The second kappa shape index (κ2) is 13.5. The molecule has 10 heteroatoms. The second-order valence-electron chi connectivity index (χ2n) is 14.3. The summed E-state index contributed by atoms with van der Waals surface area (Å²) in [4.78, 5) is 16.4. The van der Waals surface area contributed by atoms with E-state index >= 15 is 0 Å². The number of aromatic amines is 4. The third-order valence-corrected chi connectivity index (χ3v) is 11.9. The number of quaternary nitrogens is 1. The van der Waals surface area contributed by atoms with E-state index in [1.807, 2.05) is 36.7 Å². The molecule has 1 unspecified atom stereocenters. The number of hydrogen-bond acceptors (Lipinski definition) is 3. The first-order valence-electron chi connectivity index (χ1n) is 18.0. The van der Waals surface area contributed by atoms with Crippen LogP contribution in [0.1, 0.15) is 28.7 Å². The van der Waals surface area contributed by atoms with Crippen molar-refractivity contribution in [3.8, 4) is 0 Å². The number of benzene rings is 4. The molecule has 1 atom stereocenters. The van der Waals surface area contributed by atoms with Gasteiger partial charge in [0.25, 0.3) is 0 Å². The van der Waals surface area contributed by atoms with Crippen LogP contribution in [-0.2, 0) is 26.1 Å². The first kappa shape index (κ1) is 33.3. The number of rotatable bonds is 10. The molecular formula is C42H41Cl2N6O2+. The number of halogens is 2. The lowest BCUT2D eigenvalue weighted by atomic mass is 9.95. The number of H-pyrrole nitrogens is 4. The minimum atomic E-state index is -0.0474. The van der Waals surface area contributed by atoms with E-state index < -0.39 is 0 Å². The topological polar surface area (TPSA) is 107 Å². The van der Waals surface area contributed by atoms with Crippen molar-refractivity contribution in [3.63, 3.8) is 0 Å². The van der Waals surface area contributed by atoms with Gasteiger partial charge in [-0.1, -0.05) is 35.3 Å². The van der Waals surface area contributed by atoms with Crippen LogP contribution in [0.4, 0.5) is 11.4 Å². The summed E-state index contributed by atoms with van der Waals surface area (Å²) in [6.45, 7) is 3.34. The van der Waals surface area contributed by atoms with Gasteiger partial charge in [0.1, 0.15) is 24.5 Å². The van der Waals surface area contributed by atoms with Crippen LogP contribution < -0.4 is 4.48 Å². The molecule has 52 heavy (non-hydrogen) atoms. The van der Waals surface area contributed by atoms with Crippen LogP contribution >= 0.6 is 23.2 Å². The molecule has 4 aromatic carbocycles. The Balaban J connectivity index is 1.16. The zero-order chi connectivity index (χ0) is 35.4. The minimum absolute atomic E-state index is 0.0474. The first-order valence-corrected chi connectivity index (χ1v) is 18.7. The Bertz CT molecular complexity index is 2480. The highest BCUT2D eigenvalue weighted by Crippen LogP contribution is 2.46. The van der Waals surface area contributed by atoms with Crippen LogP contribution in [0, 0.1) is 0 Å². The number of aliphatic hydroxyl groups excluding tert-OH is 2. The molecule has 0 radical (unpaired) electrons. The zero-order valence-corrected chi connectivity index (χ0v) is 30.2. The first-order chi connectivity index (χ1) is 25.4. The minimum Gasteiger partial charge on any atom is -0.392 e. The van der Waals surface area contributed by atoms with Gasteiger partial charge in [-0.25, -0.2) is 0 Å². The number of nitrogens with zero attached hydrogens (tertiary/aromatic N) is 2. The number of nitrogens with one attached hydrogen (secondary N) is 4. The fraction of sp³-hybridized carbons (Fsp3) is 0.238. The van der Waals surface area contributed by atoms with Crippen molar-refractivity contribution in [2.75, 3.05) is 26.2 Å². The summed E-state index contributed by atoms with van der Waals surface area (Å²) in [7, 11) is 0. The second-order valence-corrected chi connectivity index (χ2v) is 15.2. The molecule has 1 saturated heterocycles. The third kappa shape index (κ3) is 5.80. The van der Waals surface area contributed by atoms with Crippen molar-refractivity contribution in [1.29, 1.82) is 0 Å². The van der Waals surface area contributed by atoms with E-state index in [9.17, 15) is 10.2 Å². The highest BCUT2D eigenvalue weighted by atomic mass is 35.5. The van der Waals surface area contributed by atoms with Crippen LogP contribution in [0.2, 0.25) is 10.0 Å². The van der Waals surface area contributed by atoms with Crippen LogP contribution in [0.3, 0.4) is 0 Å². The summed E-state index contributed by atoms with van der Waals surface area (Å²) in [5, 5.41) is 27.1. The Hall–Kier alpha value is -4.54. The predicted molar refractivity (Wildman–Crippen MR) is 214 cm³/mol. The van der Waals surface area contributed by atoms with Crippen molar-refractivity contribution < 1.29 is 10.2 Å². The summed E-state index contributed by atoms with van der Waals surface area (Å²) >= 11 is 12.7. The van der Waals surface area contributed by atoms with E-state index in [-0.39, 0.29) is 19.3 Å². The molecule has 0 aliphatic carbocycles. The van der Waals surface area contributed by atoms with E-state index in [2.05, 4.69) is 85.8 Å². The number of aromatic nitrogens is 4. The molecule has 1 aliphatic heterocycles. The maximum absolute atomic E-state index is 10.5. The maximum atomic E-state index is 10.5. The molecule has 1 aliphatic rings. The molecule has 1 fully saturated rings. The van der Waals surface area contributed by atoms with Crippen molar-refractivity contribution in [2.24, 2.45) is 0 Å². The van der Waals surface area contributed by atoms with Gasteiger partial charge in [0.15, 0.2) is 0 Å². The van der Waals surface area contributed by atoms with Gasteiger partial charge >= 0.3 is 0 Å². The molecule has 8 aromatic rings. The molecule has 8 nitrogen and oxygen atoms in total.